The average molecular weight is 324 g/mol. The Kier molecular flexibility index (Phi) is 5.70. The summed E-state index contributed by atoms with van der Waals surface area (Å²) in [6.45, 7) is 0.304. The molecule has 0 bridgehead atoms. The lowest BCUT2D eigenvalue weighted by Gasteiger charge is -2.35. The molecule has 120 valence electrons. The van der Waals surface area contributed by atoms with Gasteiger partial charge < -0.3 is 29.8 Å². The number of amides is 2. The summed E-state index contributed by atoms with van der Waals surface area (Å²) in [4.78, 5) is 53.8. The van der Waals surface area contributed by atoms with E-state index in [1.165, 1.54) is 4.90 Å². The second kappa shape index (κ2) is 6.88. The van der Waals surface area contributed by atoms with Crippen LogP contribution in [0.4, 0.5) is 4.79 Å². The maximum Gasteiger partial charge on any atom is 0.407 e. The number of aliphatic carboxylic acids is 1. The summed E-state index contributed by atoms with van der Waals surface area (Å²) in [7, 11) is -4.53. The summed E-state index contributed by atoms with van der Waals surface area (Å²) >= 11 is 0. The zero-order valence-corrected chi connectivity index (χ0v) is 12.0. The topological polar surface area (TPSA) is 156 Å². The summed E-state index contributed by atoms with van der Waals surface area (Å²) in [5, 5.41) is 17.5. The Balaban J connectivity index is 2.70. The van der Waals surface area contributed by atoms with Gasteiger partial charge in [0.25, 0.3) is 0 Å². The van der Waals surface area contributed by atoms with E-state index in [9.17, 15) is 18.9 Å². The molecular formula is C10H17N2O8P. The van der Waals surface area contributed by atoms with Crippen LogP contribution in [0.1, 0.15) is 6.42 Å². The van der Waals surface area contributed by atoms with Gasteiger partial charge in [0.05, 0.1) is 18.5 Å². The van der Waals surface area contributed by atoms with Gasteiger partial charge in [-0.2, -0.15) is 0 Å². The summed E-state index contributed by atoms with van der Waals surface area (Å²) in [5.74, 6) is -3.32. The molecule has 0 spiro atoms. The number of piperazine rings is 1. The van der Waals surface area contributed by atoms with E-state index in [0.717, 1.165) is 4.90 Å². The molecule has 1 atom stereocenters. The van der Waals surface area contributed by atoms with Gasteiger partial charge in [0.2, 0.25) is 5.91 Å². The molecule has 10 nitrogen and oxygen atoms in total. The number of carboxylic acids is 1. The number of carbonyl (C=O) groups is 3. The van der Waals surface area contributed by atoms with Gasteiger partial charge in [0.15, 0.2) is 0 Å². The maximum atomic E-state index is 12.1. The first-order valence-electron chi connectivity index (χ1n) is 6.13. The van der Waals surface area contributed by atoms with Crippen LogP contribution in [-0.4, -0.2) is 80.1 Å². The van der Waals surface area contributed by atoms with E-state index < -0.39 is 44.1 Å². The van der Waals surface area contributed by atoms with Crippen LogP contribution in [0.15, 0.2) is 0 Å². The van der Waals surface area contributed by atoms with Gasteiger partial charge in [-0.1, -0.05) is 0 Å². The van der Waals surface area contributed by atoms with Crippen molar-refractivity contribution in [2.75, 3.05) is 32.3 Å². The normalized spacial score (nSPS) is 17.4. The molecule has 2 amide bonds. The van der Waals surface area contributed by atoms with Crippen LogP contribution < -0.4 is 0 Å². The lowest BCUT2D eigenvalue weighted by Crippen LogP contribution is -2.52. The van der Waals surface area contributed by atoms with E-state index in [1.54, 1.807) is 0 Å². The van der Waals surface area contributed by atoms with Gasteiger partial charge in [-0.05, 0) is 0 Å². The van der Waals surface area contributed by atoms with Gasteiger partial charge >= 0.3 is 19.7 Å². The molecule has 1 aliphatic rings. The molecule has 0 aromatic heterocycles. The van der Waals surface area contributed by atoms with Crippen LogP contribution in [0, 0.1) is 5.92 Å². The highest BCUT2D eigenvalue weighted by atomic mass is 31.2. The first kappa shape index (κ1) is 17.4. The first-order chi connectivity index (χ1) is 9.60. The zero-order valence-electron chi connectivity index (χ0n) is 11.1. The quantitative estimate of drug-likeness (QED) is 0.473. The van der Waals surface area contributed by atoms with Crippen molar-refractivity contribution in [2.45, 2.75) is 6.42 Å². The summed E-state index contributed by atoms with van der Waals surface area (Å²) in [6.07, 6.45) is -2.63. The lowest BCUT2D eigenvalue weighted by molar-refractivity contribution is -0.144. The number of rotatable bonds is 5. The maximum absolute atomic E-state index is 12.1. The first-order valence-corrected chi connectivity index (χ1v) is 7.93. The monoisotopic (exact) mass is 324 g/mol. The Morgan fingerprint density at radius 2 is 1.48 bits per heavy atom. The minimum atomic E-state index is -4.53. The number of hydrogen-bond acceptors (Lipinski definition) is 4. The van der Waals surface area contributed by atoms with Crippen LogP contribution in [0.2, 0.25) is 0 Å². The predicted molar refractivity (Wildman–Crippen MR) is 68.8 cm³/mol. The lowest BCUT2D eigenvalue weighted by atomic mass is 10.1. The van der Waals surface area contributed by atoms with Gasteiger partial charge in [0, 0.05) is 26.2 Å². The van der Waals surface area contributed by atoms with Crippen molar-refractivity contribution in [2.24, 2.45) is 5.92 Å². The van der Waals surface area contributed by atoms with Crippen molar-refractivity contribution in [3.63, 3.8) is 0 Å². The fourth-order valence-corrected chi connectivity index (χ4v) is 2.96. The van der Waals surface area contributed by atoms with Gasteiger partial charge in [0.1, 0.15) is 0 Å². The molecule has 11 heteroatoms. The number of carboxylic acid groups (broad SMARTS) is 2. The van der Waals surface area contributed by atoms with Crippen LogP contribution in [-0.2, 0) is 14.2 Å². The van der Waals surface area contributed by atoms with E-state index >= 15 is 0 Å². The molecule has 0 aliphatic carbocycles. The Morgan fingerprint density at radius 3 is 1.86 bits per heavy atom. The minimum absolute atomic E-state index is 0.0718. The van der Waals surface area contributed by atoms with E-state index in [0.29, 0.717) is 0 Å². The third kappa shape index (κ3) is 5.70. The Morgan fingerprint density at radius 1 is 1.00 bits per heavy atom. The standard InChI is InChI=1S/C10H17N2O8P/c13-8(14)5-7(6-21(18,19)20)9(15)11-1-3-12(4-2-11)10(16)17/h7H,1-6H2,(H,13,14)(H,16,17)(H2,18,19,20). The predicted octanol–water partition coefficient (Wildman–Crippen LogP) is -0.923. The molecule has 0 aromatic rings. The van der Waals surface area contributed by atoms with Crippen LogP contribution in [0.5, 0.6) is 0 Å². The van der Waals surface area contributed by atoms with E-state index in [4.69, 9.17) is 20.0 Å². The summed E-state index contributed by atoms with van der Waals surface area (Å²) in [6, 6.07) is 0. The number of hydrogen-bond donors (Lipinski definition) is 4. The van der Waals surface area contributed by atoms with Gasteiger partial charge in [-0.3, -0.25) is 14.2 Å². The number of carbonyl (C=O) groups excluding carboxylic acids is 1. The molecule has 0 radical (unpaired) electrons. The Bertz CT molecular complexity index is 468. The van der Waals surface area contributed by atoms with E-state index in [2.05, 4.69) is 0 Å². The smallest absolute Gasteiger partial charge is 0.407 e. The molecule has 21 heavy (non-hydrogen) atoms. The third-order valence-electron chi connectivity index (χ3n) is 3.09. The summed E-state index contributed by atoms with van der Waals surface area (Å²) < 4.78 is 11.0. The second-order valence-electron chi connectivity index (χ2n) is 4.74. The molecular weight excluding hydrogens is 307 g/mol. The summed E-state index contributed by atoms with van der Waals surface area (Å²) in [5.41, 5.74) is 0. The highest BCUT2D eigenvalue weighted by Crippen LogP contribution is 2.38. The van der Waals surface area contributed by atoms with E-state index in [1.807, 2.05) is 0 Å². The molecule has 1 rings (SSSR count). The molecule has 1 aliphatic heterocycles. The van der Waals surface area contributed by atoms with Crippen LogP contribution in [0.3, 0.4) is 0 Å². The molecule has 0 aromatic carbocycles. The Hall–Kier alpha value is -1.64. The van der Waals surface area contributed by atoms with Crippen molar-refractivity contribution in [3.8, 4) is 0 Å². The SMILES string of the molecule is O=C(O)CC(CP(=O)(O)O)C(=O)N1CCN(C(=O)O)CC1. The van der Waals surface area contributed by atoms with Crippen molar-refractivity contribution in [1.29, 1.82) is 0 Å². The highest BCUT2D eigenvalue weighted by molar-refractivity contribution is 7.51. The molecule has 4 N–H and O–H groups in total. The van der Waals surface area contributed by atoms with E-state index in [-0.39, 0.29) is 26.2 Å². The van der Waals surface area contributed by atoms with Crippen molar-refractivity contribution in [1.82, 2.24) is 9.80 Å². The fourth-order valence-electron chi connectivity index (χ4n) is 2.10. The third-order valence-corrected chi connectivity index (χ3v) is 4.01. The molecule has 1 saturated heterocycles. The van der Waals surface area contributed by atoms with Crippen LogP contribution in [0.25, 0.3) is 0 Å². The molecule has 1 fully saturated rings. The molecule has 0 saturated carbocycles. The second-order valence-corrected chi connectivity index (χ2v) is 6.43. The highest BCUT2D eigenvalue weighted by Gasteiger charge is 2.34. The minimum Gasteiger partial charge on any atom is -0.481 e. The van der Waals surface area contributed by atoms with Crippen LogP contribution >= 0.6 is 7.60 Å². The van der Waals surface area contributed by atoms with Gasteiger partial charge in [-0.25, -0.2) is 4.79 Å². The molecule has 1 unspecified atom stereocenters. The largest absolute Gasteiger partial charge is 0.481 e. The molecule has 1 heterocycles. The van der Waals surface area contributed by atoms with Crippen molar-refractivity contribution in [3.05, 3.63) is 0 Å². The Labute approximate surface area is 120 Å². The van der Waals surface area contributed by atoms with Gasteiger partial charge in [-0.15, -0.1) is 0 Å². The van der Waals surface area contributed by atoms with Crippen molar-refractivity contribution < 1.29 is 38.9 Å². The fraction of sp³-hybridized carbons (Fsp3) is 0.700. The average Bonchev–Trinajstić information content (AvgIpc) is 2.35. The zero-order chi connectivity index (χ0) is 16.2. The van der Waals surface area contributed by atoms with Crippen molar-refractivity contribution >= 4 is 25.6 Å². The number of nitrogens with zero attached hydrogens (tertiary/aromatic N) is 2.